The number of fused-ring (bicyclic) bond motifs is 2. The van der Waals surface area contributed by atoms with Gasteiger partial charge in [0, 0.05) is 6.54 Å². The third kappa shape index (κ3) is 2.85. The highest BCUT2D eigenvalue weighted by Crippen LogP contribution is 2.43. The first-order valence-corrected chi connectivity index (χ1v) is 9.55. The summed E-state index contributed by atoms with van der Waals surface area (Å²) in [6.45, 7) is 1.03. The molecular formula is C18H20ClN7O. The second-order valence-electron chi connectivity index (χ2n) is 7.08. The highest BCUT2D eigenvalue weighted by atomic mass is 35.5. The van der Waals surface area contributed by atoms with E-state index >= 15 is 0 Å². The van der Waals surface area contributed by atoms with Crippen molar-refractivity contribution in [3.05, 3.63) is 45.6 Å². The lowest BCUT2D eigenvalue weighted by molar-refractivity contribution is 0.530. The lowest BCUT2D eigenvalue weighted by Gasteiger charge is -2.23. The SMILES string of the molecule is NCCCn1c([C@@H](Nc2cnc3n2N3)C2CC2)nc2cccc(Cl)c2c1=O. The first-order chi connectivity index (χ1) is 13.2. The smallest absolute Gasteiger partial charge is 0.262 e. The Morgan fingerprint density at radius 3 is 2.93 bits per heavy atom. The number of nitrogens with zero attached hydrogens (tertiary/aromatic N) is 4. The predicted molar refractivity (Wildman–Crippen MR) is 105 cm³/mol. The molecule has 0 saturated heterocycles. The summed E-state index contributed by atoms with van der Waals surface area (Å²) < 4.78 is 3.62. The summed E-state index contributed by atoms with van der Waals surface area (Å²) in [5.41, 5.74) is 9.29. The van der Waals surface area contributed by atoms with E-state index in [0.29, 0.717) is 41.4 Å². The molecule has 0 amide bonds. The van der Waals surface area contributed by atoms with Gasteiger partial charge in [-0.1, -0.05) is 17.7 Å². The molecule has 3 aromatic rings. The fourth-order valence-corrected chi connectivity index (χ4v) is 3.79. The summed E-state index contributed by atoms with van der Waals surface area (Å²) >= 11 is 6.30. The van der Waals surface area contributed by atoms with E-state index < -0.39 is 0 Å². The molecule has 27 heavy (non-hydrogen) atoms. The van der Waals surface area contributed by atoms with E-state index in [2.05, 4.69) is 15.7 Å². The maximum atomic E-state index is 13.2. The molecule has 140 valence electrons. The van der Waals surface area contributed by atoms with E-state index in [1.807, 2.05) is 16.8 Å². The normalized spacial score (nSPS) is 16.1. The summed E-state index contributed by atoms with van der Waals surface area (Å²) in [6, 6.07) is 5.32. The van der Waals surface area contributed by atoms with Crippen molar-refractivity contribution >= 4 is 34.3 Å². The third-order valence-electron chi connectivity index (χ3n) is 5.15. The van der Waals surface area contributed by atoms with Gasteiger partial charge in [-0.2, -0.15) is 0 Å². The van der Waals surface area contributed by atoms with Crippen molar-refractivity contribution in [2.24, 2.45) is 11.7 Å². The van der Waals surface area contributed by atoms with Crippen LogP contribution in [-0.2, 0) is 6.54 Å². The number of aromatic nitrogens is 4. The van der Waals surface area contributed by atoms with Crippen LogP contribution in [0.2, 0.25) is 5.02 Å². The van der Waals surface area contributed by atoms with E-state index in [1.165, 1.54) is 0 Å². The summed E-state index contributed by atoms with van der Waals surface area (Å²) in [6.07, 6.45) is 4.70. The standard InChI is InChI=1S/C18H20ClN7O/c19-11-3-1-4-12-14(11)17(27)25(8-2-7-20)16(22-12)15(10-5-6-10)23-13-9-21-18-24-26(13)18/h1,3-4,9-10,15,23H,2,5-8,20H2,(H,21,24)/t15-,26?/m0/s1. The molecule has 0 spiro atoms. The molecule has 2 aliphatic rings. The lowest BCUT2D eigenvalue weighted by Crippen LogP contribution is -2.31. The zero-order chi connectivity index (χ0) is 18.5. The van der Waals surface area contributed by atoms with Crippen LogP contribution < -0.4 is 22.0 Å². The van der Waals surface area contributed by atoms with Gasteiger partial charge in [0.05, 0.1) is 28.2 Å². The monoisotopic (exact) mass is 385 g/mol. The molecule has 8 nitrogen and oxygen atoms in total. The Morgan fingerprint density at radius 2 is 2.26 bits per heavy atom. The summed E-state index contributed by atoms with van der Waals surface area (Å²) in [5.74, 6) is 2.89. The molecule has 3 heterocycles. The zero-order valence-electron chi connectivity index (χ0n) is 14.7. The molecule has 0 unspecified atom stereocenters. The molecule has 0 radical (unpaired) electrons. The van der Waals surface area contributed by atoms with E-state index in [-0.39, 0.29) is 11.6 Å². The van der Waals surface area contributed by atoms with Gasteiger partial charge in [-0.25, -0.2) is 14.6 Å². The Hall–Kier alpha value is -2.58. The van der Waals surface area contributed by atoms with Crippen molar-refractivity contribution < 1.29 is 0 Å². The topological polar surface area (TPSA) is 113 Å². The van der Waals surface area contributed by atoms with Crippen LogP contribution in [0.25, 0.3) is 10.9 Å². The van der Waals surface area contributed by atoms with Crippen molar-refractivity contribution in [3.8, 4) is 0 Å². The van der Waals surface area contributed by atoms with Crippen molar-refractivity contribution in [3.63, 3.8) is 0 Å². The molecule has 0 bridgehead atoms. The fourth-order valence-electron chi connectivity index (χ4n) is 3.54. The van der Waals surface area contributed by atoms with Gasteiger partial charge in [-0.15, -0.1) is 0 Å². The Morgan fingerprint density at radius 1 is 1.41 bits per heavy atom. The molecular weight excluding hydrogens is 366 g/mol. The van der Waals surface area contributed by atoms with Crippen LogP contribution in [0.3, 0.4) is 0 Å². The number of rotatable bonds is 7. The average molecular weight is 386 g/mol. The minimum Gasteiger partial charge on any atom is -0.358 e. The largest absolute Gasteiger partial charge is 0.358 e. The number of hydrogen-bond donors (Lipinski definition) is 3. The van der Waals surface area contributed by atoms with Crippen molar-refractivity contribution in [1.29, 1.82) is 0 Å². The molecule has 1 aromatic carbocycles. The number of imidazole rings is 1. The fraction of sp³-hybridized carbons (Fsp3) is 0.389. The van der Waals surface area contributed by atoms with Gasteiger partial charge in [0.1, 0.15) is 11.6 Å². The lowest BCUT2D eigenvalue weighted by atomic mass is 10.1. The molecule has 1 atom stereocenters. The van der Waals surface area contributed by atoms with E-state index in [0.717, 1.165) is 30.4 Å². The van der Waals surface area contributed by atoms with Gasteiger partial charge >= 0.3 is 0 Å². The quantitative estimate of drug-likeness (QED) is 0.421. The van der Waals surface area contributed by atoms with Crippen LogP contribution in [0.15, 0.2) is 29.2 Å². The summed E-state index contributed by atoms with van der Waals surface area (Å²) in [7, 11) is 0. The maximum absolute atomic E-state index is 13.2. The van der Waals surface area contributed by atoms with Gasteiger partial charge in [-0.05, 0) is 43.9 Å². The van der Waals surface area contributed by atoms with Gasteiger partial charge in [0.15, 0.2) is 0 Å². The van der Waals surface area contributed by atoms with Gasteiger partial charge in [0.2, 0.25) is 5.95 Å². The molecule has 9 heteroatoms. The molecule has 4 N–H and O–H groups in total. The van der Waals surface area contributed by atoms with Gasteiger partial charge < -0.3 is 11.1 Å². The molecule has 1 aliphatic carbocycles. The number of benzene rings is 1. The highest BCUT2D eigenvalue weighted by Gasteiger charge is 2.37. The van der Waals surface area contributed by atoms with Crippen LogP contribution >= 0.6 is 11.6 Å². The molecule has 1 fully saturated rings. The summed E-state index contributed by atoms with van der Waals surface area (Å²) in [5, 5.41) is 4.43. The van der Waals surface area contributed by atoms with Crippen molar-refractivity contribution in [1.82, 2.24) is 19.2 Å². The third-order valence-corrected chi connectivity index (χ3v) is 5.46. The highest BCUT2D eigenvalue weighted by molar-refractivity contribution is 6.35. The number of halogens is 1. The Bertz CT molecular complexity index is 1090. The van der Waals surface area contributed by atoms with Crippen LogP contribution in [0, 0.1) is 5.92 Å². The number of nitrogens with two attached hydrogens (primary N) is 1. The molecule has 2 aromatic heterocycles. The number of hydrogen-bond acceptors (Lipinski definition) is 6. The molecule has 5 rings (SSSR count). The van der Waals surface area contributed by atoms with Gasteiger partial charge in [-0.3, -0.25) is 14.8 Å². The Balaban J connectivity index is 1.65. The minimum absolute atomic E-state index is 0.0675. The Labute approximate surface area is 160 Å². The zero-order valence-corrected chi connectivity index (χ0v) is 15.4. The minimum atomic E-state index is -0.108. The summed E-state index contributed by atoms with van der Waals surface area (Å²) in [4.78, 5) is 22.4. The first-order valence-electron chi connectivity index (χ1n) is 9.17. The number of anilines is 2. The maximum Gasteiger partial charge on any atom is 0.262 e. The van der Waals surface area contributed by atoms with Crippen LogP contribution in [0.1, 0.15) is 31.1 Å². The van der Waals surface area contributed by atoms with Crippen molar-refractivity contribution in [2.75, 3.05) is 17.3 Å². The van der Waals surface area contributed by atoms with E-state index in [1.54, 1.807) is 16.8 Å². The molecule has 1 aliphatic heterocycles. The number of nitrogens with one attached hydrogen (secondary N) is 2. The van der Waals surface area contributed by atoms with E-state index in [4.69, 9.17) is 22.3 Å². The van der Waals surface area contributed by atoms with E-state index in [9.17, 15) is 4.79 Å². The second kappa shape index (κ2) is 6.24. The van der Waals surface area contributed by atoms with Gasteiger partial charge in [0.25, 0.3) is 5.56 Å². The predicted octanol–water partition coefficient (Wildman–Crippen LogP) is 2.35. The van der Waals surface area contributed by atoms with Crippen LogP contribution in [0.4, 0.5) is 11.8 Å². The van der Waals surface area contributed by atoms with Crippen LogP contribution in [-0.4, -0.2) is 25.8 Å². The average Bonchev–Trinajstić information content (AvgIpc) is 3.58. The second-order valence-corrected chi connectivity index (χ2v) is 7.48. The first kappa shape index (κ1) is 16.6. The molecule has 1 saturated carbocycles. The Kier molecular flexibility index (Phi) is 3.84. The van der Waals surface area contributed by atoms with Crippen molar-refractivity contribution in [2.45, 2.75) is 31.8 Å². The van der Waals surface area contributed by atoms with Crippen LogP contribution in [0.5, 0.6) is 0 Å².